The largest absolute Gasteiger partial charge is 0.506 e. The third-order valence-electron chi connectivity index (χ3n) is 2.82. The molecule has 0 saturated carbocycles. The van der Waals surface area contributed by atoms with Gasteiger partial charge in [0.05, 0.1) is 11.9 Å². The summed E-state index contributed by atoms with van der Waals surface area (Å²) in [6.45, 7) is 0. The quantitative estimate of drug-likeness (QED) is 0.681. The third kappa shape index (κ3) is 1.64. The number of rotatable bonds is 1. The van der Waals surface area contributed by atoms with E-state index in [1.165, 1.54) is 6.20 Å². The molecule has 17 heavy (non-hydrogen) atoms. The molecule has 0 aliphatic heterocycles. The van der Waals surface area contributed by atoms with Gasteiger partial charge in [0.15, 0.2) is 0 Å². The Bertz CT molecular complexity index is 662. The second kappa shape index (κ2) is 3.91. The summed E-state index contributed by atoms with van der Waals surface area (Å²) in [6, 6.07) is 17.7. The van der Waals surface area contributed by atoms with Gasteiger partial charge in [-0.05, 0) is 0 Å². The number of hydrogen-bond donors (Lipinski definition) is 1. The molecule has 1 aromatic heterocycles. The second-order valence-electron chi connectivity index (χ2n) is 3.90. The molecule has 0 spiro atoms. The Morgan fingerprint density at radius 1 is 0.765 bits per heavy atom. The van der Waals surface area contributed by atoms with Crippen molar-refractivity contribution in [2.75, 3.05) is 0 Å². The minimum Gasteiger partial charge on any atom is -0.506 e. The molecule has 1 N–H and O–H groups in total. The topological polar surface area (TPSA) is 33.1 Å². The Morgan fingerprint density at radius 3 is 2.18 bits per heavy atom. The smallest absolute Gasteiger partial charge is 0.141 e. The van der Waals surface area contributed by atoms with Crippen LogP contribution >= 0.6 is 0 Å². The molecule has 82 valence electrons. The van der Waals surface area contributed by atoms with Crippen LogP contribution in [-0.2, 0) is 0 Å². The van der Waals surface area contributed by atoms with Crippen LogP contribution in [0.15, 0.2) is 60.8 Å². The van der Waals surface area contributed by atoms with Crippen molar-refractivity contribution < 1.29 is 5.11 Å². The summed E-state index contributed by atoms with van der Waals surface area (Å²) in [7, 11) is 0. The van der Waals surface area contributed by atoms with Crippen molar-refractivity contribution in [2.24, 2.45) is 0 Å². The van der Waals surface area contributed by atoms with Crippen molar-refractivity contribution in [3.63, 3.8) is 0 Å². The van der Waals surface area contributed by atoms with Crippen molar-refractivity contribution in [3.05, 3.63) is 60.8 Å². The standard InChI is InChI=1S/C15H11NO/c17-14-10-16-15(11-6-2-1-3-7-11)13-9-5-4-8-12(13)14/h1-10,17H. The highest BCUT2D eigenvalue weighted by Gasteiger charge is 2.07. The van der Waals surface area contributed by atoms with E-state index in [-0.39, 0.29) is 5.75 Å². The van der Waals surface area contributed by atoms with Gasteiger partial charge in [-0.1, -0.05) is 54.6 Å². The van der Waals surface area contributed by atoms with Crippen molar-refractivity contribution in [1.82, 2.24) is 4.98 Å². The van der Waals surface area contributed by atoms with Gasteiger partial charge >= 0.3 is 0 Å². The number of benzene rings is 2. The lowest BCUT2D eigenvalue weighted by atomic mass is 10.0. The van der Waals surface area contributed by atoms with Crippen LogP contribution in [0.4, 0.5) is 0 Å². The van der Waals surface area contributed by atoms with Gasteiger partial charge < -0.3 is 5.11 Å². The van der Waals surface area contributed by atoms with Gasteiger partial charge in [0.1, 0.15) is 5.75 Å². The SMILES string of the molecule is Oc1cnc(-c2ccccc2)c2ccccc12. The molecule has 1 heterocycles. The fourth-order valence-electron chi connectivity index (χ4n) is 2.00. The molecule has 0 atom stereocenters. The predicted octanol–water partition coefficient (Wildman–Crippen LogP) is 3.61. The Kier molecular flexibility index (Phi) is 2.26. The highest BCUT2D eigenvalue weighted by atomic mass is 16.3. The lowest BCUT2D eigenvalue weighted by Crippen LogP contribution is -1.86. The van der Waals surface area contributed by atoms with Gasteiger partial charge in [-0.2, -0.15) is 0 Å². The van der Waals surface area contributed by atoms with Crippen LogP contribution in [0.25, 0.3) is 22.0 Å². The van der Waals surface area contributed by atoms with Crippen LogP contribution in [0.2, 0.25) is 0 Å². The third-order valence-corrected chi connectivity index (χ3v) is 2.82. The fourth-order valence-corrected chi connectivity index (χ4v) is 2.00. The highest BCUT2D eigenvalue weighted by molar-refractivity contribution is 5.97. The van der Waals surface area contributed by atoms with E-state index in [0.717, 1.165) is 22.0 Å². The minimum absolute atomic E-state index is 0.222. The monoisotopic (exact) mass is 221 g/mol. The summed E-state index contributed by atoms with van der Waals surface area (Å²) in [5.74, 6) is 0.222. The first-order valence-corrected chi connectivity index (χ1v) is 5.48. The number of hydrogen-bond acceptors (Lipinski definition) is 2. The second-order valence-corrected chi connectivity index (χ2v) is 3.90. The normalized spacial score (nSPS) is 10.6. The van der Waals surface area contributed by atoms with Crippen LogP contribution < -0.4 is 0 Å². The van der Waals surface area contributed by atoms with Crippen LogP contribution in [0, 0.1) is 0 Å². The van der Waals surface area contributed by atoms with Crippen molar-refractivity contribution in [3.8, 4) is 17.0 Å². The molecule has 0 aliphatic carbocycles. The van der Waals surface area contributed by atoms with E-state index in [1.54, 1.807) is 0 Å². The first-order chi connectivity index (χ1) is 8.36. The number of fused-ring (bicyclic) bond motifs is 1. The zero-order valence-corrected chi connectivity index (χ0v) is 9.17. The molecular weight excluding hydrogens is 210 g/mol. The zero-order chi connectivity index (χ0) is 11.7. The average molecular weight is 221 g/mol. The maximum Gasteiger partial charge on any atom is 0.141 e. The zero-order valence-electron chi connectivity index (χ0n) is 9.17. The Morgan fingerprint density at radius 2 is 1.41 bits per heavy atom. The lowest BCUT2D eigenvalue weighted by molar-refractivity contribution is 0.479. The number of aromatic hydroxyl groups is 1. The van der Waals surface area contributed by atoms with E-state index >= 15 is 0 Å². The molecule has 0 amide bonds. The number of aromatic nitrogens is 1. The molecule has 0 bridgehead atoms. The fraction of sp³-hybridized carbons (Fsp3) is 0. The average Bonchev–Trinajstić information content (AvgIpc) is 2.41. The Hall–Kier alpha value is -2.35. The Balaban J connectivity index is 2.35. The molecule has 0 saturated heterocycles. The number of nitrogens with zero attached hydrogens (tertiary/aromatic N) is 1. The molecule has 2 aromatic carbocycles. The molecule has 2 nitrogen and oxygen atoms in total. The van der Waals surface area contributed by atoms with E-state index in [0.29, 0.717) is 0 Å². The summed E-state index contributed by atoms with van der Waals surface area (Å²) in [4.78, 5) is 4.33. The first kappa shape index (κ1) is 9.85. The summed E-state index contributed by atoms with van der Waals surface area (Å²) in [5.41, 5.74) is 1.96. The number of pyridine rings is 1. The predicted molar refractivity (Wildman–Crippen MR) is 68.8 cm³/mol. The summed E-state index contributed by atoms with van der Waals surface area (Å²) in [6.07, 6.45) is 1.50. The molecule has 3 aromatic rings. The summed E-state index contributed by atoms with van der Waals surface area (Å²) in [5, 5.41) is 11.6. The molecule has 0 aliphatic rings. The molecular formula is C15H11NO. The summed E-state index contributed by atoms with van der Waals surface area (Å²) >= 11 is 0. The van der Waals surface area contributed by atoms with Gasteiger partial charge in [0.25, 0.3) is 0 Å². The Labute approximate surface area is 99.2 Å². The molecule has 0 fully saturated rings. The van der Waals surface area contributed by atoms with Crippen molar-refractivity contribution in [2.45, 2.75) is 0 Å². The van der Waals surface area contributed by atoms with Crippen molar-refractivity contribution in [1.29, 1.82) is 0 Å². The van der Waals surface area contributed by atoms with Crippen molar-refractivity contribution >= 4 is 10.8 Å². The molecule has 3 rings (SSSR count). The van der Waals surface area contributed by atoms with E-state index < -0.39 is 0 Å². The van der Waals surface area contributed by atoms with Crippen LogP contribution in [0.1, 0.15) is 0 Å². The minimum atomic E-state index is 0.222. The molecule has 2 heteroatoms. The molecule has 0 radical (unpaired) electrons. The highest BCUT2D eigenvalue weighted by Crippen LogP contribution is 2.31. The first-order valence-electron chi connectivity index (χ1n) is 5.48. The van der Waals surface area contributed by atoms with Gasteiger partial charge in [-0.3, -0.25) is 4.98 Å². The maximum absolute atomic E-state index is 9.78. The molecule has 0 unspecified atom stereocenters. The summed E-state index contributed by atoms with van der Waals surface area (Å²) < 4.78 is 0. The van der Waals surface area contributed by atoms with Crippen LogP contribution in [0.3, 0.4) is 0 Å². The van der Waals surface area contributed by atoms with E-state index in [4.69, 9.17) is 0 Å². The van der Waals surface area contributed by atoms with Crippen LogP contribution in [-0.4, -0.2) is 10.1 Å². The van der Waals surface area contributed by atoms with Gasteiger partial charge in [-0.15, -0.1) is 0 Å². The van der Waals surface area contributed by atoms with E-state index in [2.05, 4.69) is 4.98 Å². The van der Waals surface area contributed by atoms with Gasteiger partial charge in [-0.25, -0.2) is 0 Å². The van der Waals surface area contributed by atoms with Gasteiger partial charge in [0, 0.05) is 16.3 Å². The van der Waals surface area contributed by atoms with Gasteiger partial charge in [0.2, 0.25) is 0 Å². The van der Waals surface area contributed by atoms with Crippen LogP contribution in [0.5, 0.6) is 5.75 Å². The van der Waals surface area contributed by atoms with E-state index in [1.807, 2.05) is 54.6 Å². The lowest BCUT2D eigenvalue weighted by Gasteiger charge is -2.06. The maximum atomic E-state index is 9.78. The van der Waals surface area contributed by atoms with E-state index in [9.17, 15) is 5.11 Å².